The lowest BCUT2D eigenvalue weighted by atomic mass is 9.83. The smallest absolute Gasteiger partial charge is 0.198 e. The third-order valence-electron chi connectivity index (χ3n) is 6.54. The molecule has 2 aliphatic heterocycles. The molecule has 0 spiro atoms. The van der Waals surface area contributed by atoms with Gasteiger partial charge in [-0.2, -0.15) is 0 Å². The van der Waals surface area contributed by atoms with E-state index >= 15 is 0 Å². The Morgan fingerprint density at radius 1 is 1.07 bits per heavy atom. The van der Waals surface area contributed by atoms with Gasteiger partial charge in [0.1, 0.15) is 0 Å². The molecular formula is C23H27N3OS. The fourth-order valence-electron chi connectivity index (χ4n) is 5.13. The molecule has 4 nitrogen and oxygen atoms in total. The minimum absolute atomic E-state index is 0.0853. The van der Waals surface area contributed by atoms with E-state index in [1.807, 2.05) is 36.4 Å². The molecule has 0 amide bonds. The van der Waals surface area contributed by atoms with Crippen molar-refractivity contribution in [1.82, 2.24) is 4.90 Å². The normalized spacial score (nSPS) is 23.0. The third kappa shape index (κ3) is 3.07. The van der Waals surface area contributed by atoms with Crippen LogP contribution in [0.5, 0.6) is 0 Å². The third-order valence-corrected chi connectivity index (χ3v) is 7.76. The Balaban J connectivity index is 1.50. The second-order valence-electron chi connectivity index (χ2n) is 8.22. The molecule has 2 fully saturated rings. The van der Waals surface area contributed by atoms with Crippen molar-refractivity contribution in [3.05, 3.63) is 46.6 Å². The van der Waals surface area contributed by atoms with E-state index in [0.717, 1.165) is 32.4 Å². The molecule has 0 radical (unpaired) electrons. The summed E-state index contributed by atoms with van der Waals surface area (Å²) in [6, 6.07) is 12.4. The lowest BCUT2D eigenvalue weighted by molar-refractivity contribution is 0.0649. The van der Waals surface area contributed by atoms with Gasteiger partial charge in [-0.3, -0.25) is 4.79 Å². The quantitative estimate of drug-likeness (QED) is 0.501. The van der Waals surface area contributed by atoms with Gasteiger partial charge in [0.25, 0.3) is 0 Å². The predicted octanol–water partition coefficient (Wildman–Crippen LogP) is 4.67. The highest BCUT2D eigenvalue weighted by molar-refractivity contribution is 7.25. The number of rotatable bonds is 3. The summed E-state index contributed by atoms with van der Waals surface area (Å²) in [5.74, 6) is 0.654. The molecule has 28 heavy (non-hydrogen) atoms. The first-order chi connectivity index (χ1) is 13.7. The summed E-state index contributed by atoms with van der Waals surface area (Å²) >= 11 is 1.61. The maximum atomic E-state index is 13.2. The van der Waals surface area contributed by atoms with E-state index in [1.54, 1.807) is 11.3 Å². The van der Waals surface area contributed by atoms with E-state index < -0.39 is 0 Å². The number of nitrogens with zero attached hydrogens (tertiary/aromatic N) is 1. The second-order valence-corrected chi connectivity index (χ2v) is 9.27. The topological polar surface area (TPSA) is 58.4 Å². The van der Waals surface area contributed by atoms with Crippen molar-refractivity contribution in [2.45, 2.75) is 38.1 Å². The molecule has 2 saturated heterocycles. The molecule has 0 aliphatic carbocycles. The van der Waals surface area contributed by atoms with Gasteiger partial charge in [0.15, 0.2) is 5.43 Å². The maximum absolute atomic E-state index is 13.2. The highest BCUT2D eigenvalue weighted by atomic mass is 32.1. The Kier molecular flexibility index (Phi) is 4.73. The zero-order chi connectivity index (χ0) is 19.1. The van der Waals surface area contributed by atoms with Gasteiger partial charge in [0, 0.05) is 34.0 Å². The van der Waals surface area contributed by atoms with Gasteiger partial charge < -0.3 is 16.0 Å². The number of nitrogen functional groups attached to an aromatic ring is 1. The van der Waals surface area contributed by atoms with E-state index in [0.29, 0.717) is 17.6 Å². The SMILES string of the molecule is Nc1ccc(NCC2CCCN3CCCCC23)c2c(=O)c3ccccc3sc12. The van der Waals surface area contributed by atoms with E-state index in [9.17, 15) is 4.79 Å². The summed E-state index contributed by atoms with van der Waals surface area (Å²) in [7, 11) is 0. The van der Waals surface area contributed by atoms with Gasteiger partial charge in [-0.05, 0) is 69.0 Å². The average Bonchev–Trinajstić information content (AvgIpc) is 2.74. The van der Waals surface area contributed by atoms with Gasteiger partial charge >= 0.3 is 0 Å². The number of nitrogens with two attached hydrogens (primary N) is 1. The second kappa shape index (κ2) is 7.37. The number of nitrogens with one attached hydrogen (secondary N) is 1. The summed E-state index contributed by atoms with van der Waals surface area (Å²) in [4.78, 5) is 15.9. The van der Waals surface area contributed by atoms with Crippen molar-refractivity contribution >= 4 is 42.9 Å². The Labute approximate surface area is 169 Å². The molecule has 2 unspecified atom stereocenters. The Morgan fingerprint density at radius 3 is 2.86 bits per heavy atom. The van der Waals surface area contributed by atoms with Crippen molar-refractivity contribution in [2.24, 2.45) is 5.92 Å². The molecule has 5 heteroatoms. The van der Waals surface area contributed by atoms with Crippen LogP contribution in [0.25, 0.3) is 20.2 Å². The molecule has 2 atom stereocenters. The number of fused-ring (bicyclic) bond motifs is 3. The van der Waals surface area contributed by atoms with Crippen LogP contribution in [0, 0.1) is 5.92 Å². The zero-order valence-corrected chi connectivity index (χ0v) is 16.9. The molecular weight excluding hydrogens is 366 g/mol. The monoisotopic (exact) mass is 393 g/mol. The standard InChI is InChI=1S/C23H27N3OS/c24-17-10-11-18(21-22(27)16-7-1-2-9-20(16)28-23(17)21)25-14-15-6-5-13-26-12-4-3-8-19(15)26/h1-2,7,9-11,15,19,25H,3-6,8,12-14,24H2. The molecule has 2 aliphatic rings. The average molecular weight is 394 g/mol. The van der Waals surface area contributed by atoms with Crippen molar-refractivity contribution in [2.75, 3.05) is 30.7 Å². The summed E-state index contributed by atoms with van der Waals surface area (Å²) in [5.41, 5.74) is 7.95. The number of hydrogen-bond donors (Lipinski definition) is 2. The van der Waals surface area contributed by atoms with E-state index in [-0.39, 0.29) is 5.43 Å². The van der Waals surface area contributed by atoms with Crippen molar-refractivity contribution in [3.63, 3.8) is 0 Å². The molecule has 3 heterocycles. The molecule has 5 rings (SSSR count). The molecule has 1 aromatic heterocycles. The molecule has 0 bridgehead atoms. The molecule has 0 saturated carbocycles. The van der Waals surface area contributed by atoms with Crippen LogP contribution in [-0.4, -0.2) is 30.6 Å². The number of hydrogen-bond acceptors (Lipinski definition) is 5. The number of benzene rings is 2. The van der Waals surface area contributed by atoms with Crippen LogP contribution in [0.4, 0.5) is 11.4 Å². The summed E-state index contributed by atoms with van der Waals surface area (Å²) in [6.07, 6.45) is 6.56. The first-order valence-corrected chi connectivity index (χ1v) is 11.3. The fourth-order valence-corrected chi connectivity index (χ4v) is 6.25. The molecule has 2 aromatic carbocycles. The zero-order valence-electron chi connectivity index (χ0n) is 16.1. The molecule has 3 N–H and O–H groups in total. The van der Waals surface area contributed by atoms with Crippen LogP contribution in [0.1, 0.15) is 32.1 Å². The van der Waals surface area contributed by atoms with Gasteiger partial charge in [0.05, 0.1) is 10.1 Å². The first kappa shape index (κ1) is 18.0. The molecule has 3 aromatic rings. The van der Waals surface area contributed by atoms with Gasteiger partial charge in [-0.15, -0.1) is 11.3 Å². The van der Waals surface area contributed by atoms with Crippen LogP contribution in [0.15, 0.2) is 41.2 Å². The minimum Gasteiger partial charge on any atom is -0.398 e. The summed E-state index contributed by atoms with van der Waals surface area (Å²) < 4.78 is 1.89. The largest absolute Gasteiger partial charge is 0.398 e. The van der Waals surface area contributed by atoms with Crippen LogP contribution in [0.3, 0.4) is 0 Å². The van der Waals surface area contributed by atoms with E-state index in [1.165, 1.54) is 45.2 Å². The Bertz CT molecular complexity index is 1070. The Morgan fingerprint density at radius 2 is 1.93 bits per heavy atom. The van der Waals surface area contributed by atoms with Gasteiger partial charge in [0.2, 0.25) is 0 Å². The first-order valence-electron chi connectivity index (χ1n) is 10.4. The van der Waals surface area contributed by atoms with Crippen LogP contribution < -0.4 is 16.5 Å². The lowest BCUT2D eigenvalue weighted by Crippen LogP contribution is -2.49. The number of piperidine rings is 2. The van der Waals surface area contributed by atoms with Gasteiger partial charge in [-0.1, -0.05) is 18.6 Å². The Hall–Kier alpha value is -2.11. The van der Waals surface area contributed by atoms with E-state index in [4.69, 9.17) is 5.73 Å². The highest BCUT2D eigenvalue weighted by Gasteiger charge is 2.32. The summed E-state index contributed by atoms with van der Waals surface area (Å²) in [5, 5.41) is 5.18. The lowest BCUT2D eigenvalue weighted by Gasteiger charge is -2.44. The van der Waals surface area contributed by atoms with Crippen molar-refractivity contribution < 1.29 is 0 Å². The minimum atomic E-state index is 0.0853. The summed E-state index contributed by atoms with van der Waals surface area (Å²) in [6.45, 7) is 3.44. The van der Waals surface area contributed by atoms with Crippen LogP contribution >= 0.6 is 11.3 Å². The molecule has 146 valence electrons. The fraction of sp³-hybridized carbons (Fsp3) is 0.435. The predicted molar refractivity (Wildman–Crippen MR) is 120 cm³/mol. The van der Waals surface area contributed by atoms with Crippen LogP contribution in [0.2, 0.25) is 0 Å². The van der Waals surface area contributed by atoms with E-state index in [2.05, 4.69) is 10.2 Å². The van der Waals surface area contributed by atoms with Gasteiger partial charge in [-0.25, -0.2) is 0 Å². The highest BCUT2D eigenvalue weighted by Crippen LogP contribution is 2.35. The maximum Gasteiger partial charge on any atom is 0.198 e. The van der Waals surface area contributed by atoms with Crippen LogP contribution in [-0.2, 0) is 0 Å². The van der Waals surface area contributed by atoms with Crippen molar-refractivity contribution in [1.29, 1.82) is 0 Å². The van der Waals surface area contributed by atoms with Crippen molar-refractivity contribution in [3.8, 4) is 0 Å². The number of anilines is 2.